The van der Waals surface area contributed by atoms with E-state index in [-0.39, 0.29) is 11.8 Å². The second kappa shape index (κ2) is 4.89. The topological polar surface area (TPSA) is 44.9 Å². The number of benzene rings is 1. The Labute approximate surface area is 106 Å². The van der Waals surface area contributed by atoms with Crippen molar-refractivity contribution >= 4 is 44.3 Å². The lowest BCUT2D eigenvalue weighted by molar-refractivity contribution is -0.118. The van der Waals surface area contributed by atoms with Gasteiger partial charge >= 0.3 is 0 Å². The van der Waals surface area contributed by atoms with E-state index in [0.29, 0.717) is 6.54 Å². The fourth-order valence-corrected chi connectivity index (χ4v) is 1.95. The van der Waals surface area contributed by atoms with Gasteiger partial charge in [-0.15, -0.1) is 11.6 Å². The molecule has 2 aromatic rings. The number of carbonyl (C=O) groups is 1. The van der Waals surface area contributed by atoms with Crippen molar-refractivity contribution in [2.45, 2.75) is 6.54 Å². The lowest BCUT2D eigenvalue weighted by Gasteiger charge is -1.99. The summed E-state index contributed by atoms with van der Waals surface area (Å²) in [6.45, 7) is 0.470. The molecule has 0 saturated carbocycles. The van der Waals surface area contributed by atoms with E-state index in [2.05, 4.69) is 26.2 Å². The van der Waals surface area contributed by atoms with E-state index in [9.17, 15) is 4.79 Å². The molecular formula is C11H10BrClN2O. The third-order valence-corrected chi connectivity index (χ3v) is 2.97. The molecule has 0 unspecified atom stereocenters. The van der Waals surface area contributed by atoms with Gasteiger partial charge in [-0.3, -0.25) is 4.79 Å². The summed E-state index contributed by atoms with van der Waals surface area (Å²) >= 11 is 8.80. The summed E-state index contributed by atoms with van der Waals surface area (Å²) in [4.78, 5) is 14.2. The Kier molecular flexibility index (Phi) is 3.51. The number of amides is 1. The number of halogens is 2. The molecule has 1 aromatic carbocycles. The summed E-state index contributed by atoms with van der Waals surface area (Å²) in [5, 5.41) is 3.83. The summed E-state index contributed by atoms with van der Waals surface area (Å²) < 4.78 is 1.03. The smallest absolute Gasteiger partial charge is 0.235 e. The second-order valence-corrected chi connectivity index (χ2v) is 4.62. The van der Waals surface area contributed by atoms with Crippen LogP contribution in [0.25, 0.3) is 10.9 Å². The number of fused-ring (bicyclic) bond motifs is 1. The minimum absolute atomic E-state index is 0.00816. The van der Waals surface area contributed by atoms with Crippen LogP contribution in [0.2, 0.25) is 0 Å². The van der Waals surface area contributed by atoms with Gasteiger partial charge < -0.3 is 10.3 Å². The fourth-order valence-electron chi connectivity index (χ4n) is 1.50. The molecule has 16 heavy (non-hydrogen) atoms. The molecule has 84 valence electrons. The van der Waals surface area contributed by atoms with Crippen molar-refractivity contribution < 1.29 is 4.79 Å². The van der Waals surface area contributed by atoms with Crippen molar-refractivity contribution in [1.82, 2.24) is 10.3 Å². The van der Waals surface area contributed by atoms with Gasteiger partial charge in [0.05, 0.1) is 6.54 Å². The zero-order valence-corrected chi connectivity index (χ0v) is 10.7. The first-order valence-corrected chi connectivity index (χ1v) is 6.11. The summed E-state index contributed by atoms with van der Waals surface area (Å²) in [6, 6.07) is 8.01. The molecule has 5 heteroatoms. The number of rotatable bonds is 3. The van der Waals surface area contributed by atoms with Gasteiger partial charge in [0.2, 0.25) is 5.91 Å². The third-order valence-electron chi connectivity index (χ3n) is 2.24. The number of hydrogen-bond donors (Lipinski definition) is 2. The Morgan fingerprint density at radius 2 is 2.25 bits per heavy atom. The molecule has 1 amide bonds. The number of carbonyl (C=O) groups excluding carboxylic acids is 1. The van der Waals surface area contributed by atoms with Gasteiger partial charge in [-0.25, -0.2) is 0 Å². The van der Waals surface area contributed by atoms with Crippen LogP contribution >= 0.6 is 27.5 Å². The molecule has 1 heterocycles. The molecule has 0 aliphatic rings. The molecule has 2 N–H and O–H groups in total. The normalized spacial score (nSPS) is 10.6. The minimum Gasteiger partial charge on any atom is -0.357 e. The zero-order chi connectivity index (χ0) is 11.5. The average Bonchev–Trinajstić information content (AvgIpc) is 2.67. The Morgan fingerprint density at radius 3 is 3.00 bits per heavy atom. The quantitative estimate of drug-likeness (QED) is 0.841. The lowest BCUT2D eigenvalue weighted by atomic mass is 10.2. The number of H-pyrrole nitrogens is 1. The molecule has 0 saturated heterocycles. The average molecular weight is 302 g/mol. The maximum absolute atomic E-state index is 11.0. The van der Waals surface area contributed by atoms with Crippen molar-refractivity contribution in [3.8, 4) is 0 Å². The molecule has 0 fully saturated rings. The van der Waals surface area contributed by atoms with E-state index >= 15 is 0 Å². The summed E-state index contributed by atoms with van der Waals surface area (Å²) in [6.07, 6.45) is 0. The van der Waals surface area contributed by atoms with Gasteiger partial charge in [0, 0.05) is 15.7 Å². The van der Waals surface area contributed by atoms with Crippen molar-refractivity contribution in [1.29, 1.82) is 0 Å². The highest BCUT2D eigenvalue weighted by Gasteiger charge is 2.03. The zero-order valence-electron chi connectivity index (χ0n) is 8.39. The van der Waals surface area contributed by atoms with E-state index in [0.717, 1.165) is 21.1 Å². The number of nitrogens with one attached hydrogen (secondary N) is 2. The Bertz CT molecular complexity index is 524. The fraction of sp³-hybridized carbons (Fsp3) is 0.182. The van der Waals surface area contributed by atoms with Crippen molar-refractivity contribution in [2.24, 2.45) is 0 Å². The summed E-state index contributed by atoms with van der Waals surface area (Å²) in [5.41, 5.74) is 2.01. The van der Waals surface area contributed by atoms with Crippen LogP contribution in [-0.2, 0) is 11.3 Å². The van der Waals surface area contributed by atoms with Crippen LogP contribution in [-0.4, -0.2) is 16.8 Å². The highest BCUT2D eigenvalue weighted by Crippen LogP contribution is 2.20. The van der Waals surface area contributed by atoms with E-state index in [1.165, 1.54) is 0 Å². The number of aromatic nitrogens is 1. The number of alkyl halides is 1. The van der Waals surface area contributed by atoms with E-state index < -0.39 is 0 Å². The Morgan fingerprint density at radius 1 is 1.44 bits per heavy atom. The molecule has 0 atom stereocenters. The monoisotopic (exact) mass is 300 g/mol. The summed E-state index contributed by atoms with van der Waals surface area (Å²) in [5.74, 6) is -0.173. The first-order chi connectivity index (χ1) is 7.69. The first-order valence-electron chi connectivity index (χ1n) is 4.79. The van der Waals surface area contributed by atoms with Crippen LogP contribution in [0.5, 0.6) is 0 Å². The molecular weight excluding hydrogens is 291 g/mol. The Hall–Kier alpha value is -1.00. The van der Waals surface area contributed by atoms with Crippen molar-refractivity contribution in [2.75, 3.05) is 5.88 Å². The van der Waals surface area contributed by atoms with Crippen molar-refractivity contribution in [3.05, 3.63) is 34.4 Å². The SMILES string of the molecule is O=C(CCl)NCc1cc2ccc(Br)cc2[nH]1. The number of aromatic amines is 1. The first kappa shape index (κ1) is 11.5. The Balaban J connectivity index is 2.16. The summed E-state index contributed by atoms with van der Waals surface area (Å²) in [7, 11) is 0. The maximum atomic E-state index is 11.0. The van der Waals surface area contributed by atoms with E-state index in [1.807, 2.05) is 24.3 Å². The highest BCUT2D eigenvalue weighted by molar-refractivity contribution is 9.10. The molecule has 3 nitrogen and oxygen atoms in total. The molecule has 0 radical (unpaired) electrons. The van der Waals surface area contributed by atoms with Crippen LogP contribution < -0.4 is 5.32 Å². The second-order valence-electron chi connectivity index (χ2n) is 3.44. The predicted octanol–water partition coefficient (Wildman–Crippen LogP) is 2.79. The van der Waals surface area contributed by atoms with E-state index in [1.54, 1.807) is 0 Å². The molecule has 0 aliphatic carbocycles. The molecule has 2 rings (SSSR count). The van der Waals surface area contributed by atoms with Gasteiger partial charge in [0.1, 0.15) is 5.88 Å². The van der Waals surface area contributed by atoms with Gasteiger partial charge in [-0.2, -0.15) is 0 Å². The minimum atomic E-state index is -0.165. The maximum Gasteiger partial charge on any atom is 0.235 e. The van der Waals surface area contributed by atoms with Gasteiger partial charge in [-0.1, -0.05) is 22.0 Å². The van der Waals surface area contributed by atoms with Gasteiger partial charge in [0.25, 0.3) is 0 Å². The van der Waals surface area contributed by atoms with Crippen LogP contribution in [0.1, 0.15) is 5.69 Å². The highest BCUT2D eigenvalue weighted by atomic mass is 79.9. The van der Waals surface area contributed by atoms with Crippen LogP contribution in [0, 0.1) is 0 Å². The van der Waals surface area contributed by atoms with Crippen LogP contribution in [0.3, 0.4) is 0 Å². The molecule has 0 bridgehead atoms. The van der Waals surface area contributed by atoms with Gasteiger partial charge in [0.15, 0.2) is 0 Å². The molecule has 0 aliphatic heterocycles. The van der Waals surface area contributed by atoms with Gasteiger partial charge in [-0.05, 0) is 23.6 Å². The van der Waals surface area contributed by atoms with E-state index in [4.69, 9.17) is 11.6 Å². The van der Waals surface area contributed by atoms with Crippen LogP contribution in [0.4, 0.5) is 0 Å². The lowest BCUT2D eigenvalue weighted by Crippen LogP contribution is -2.23. The predicted molar refractivity (Wildman–Crippen MR) is 68.6 cm³/mol. The number of hydrogen-bond acceptors (Lipinski definition) is 1. The van der Waals surface area contributed by atoms with Crippen LogP contribution in [0.15, 0.2) is 28.7 Å². The third kappa shape index (κ3) is 2.57. The van der Waals surface area contributed by atoms with Crippen molar-refractivity contribution in [3.63, 3.8) is 0 Å². The largest absolute Gasteiger partial charge is 0.357 e. The molecule has 0 spiro atoms. The molecule has 1 aromatic heterocycles. The standard InChI is InChI=1S/C11H10BrClN2O/c12-8-2-1-7-3-9(15-10(7)4-8)6-14-11(16)5-13/h1-4,15H,5-6H2,(H,14,16).